The lowest BCUT2D eigenvalue weighted by atomic mass is 9.81. The number of carbonyl (C=O) groups excluding carboxylic acids is 1. The van der Waals surface area contributed by atoms with Gasteiger partial charge in [0, 0.05) is 37.5 Å². The van der Waals surface area contributed by atoms with E-state index in [0.717, 1.165) is 37.0 Å². The van der Waals surface area contributed by atoms with Gasteiger partial charge in [0.2, 0.25) is 5.91 Å². The summed E-state index contributed by atoms with van der Waals surface area (Å²) in [7, 11) is 3.70. The fourth-order valence-electron chi connectivity index (χ4n) is 5.19. The first kappa shape index (κ1) is 31.4. The van der Waals surface area contributed by atoms with Gasteiger partial charge in [-0.25, -0.2) is 4.79 Å². The molecular weight excluding hydrogens is 524 g/mol. The number of amides is 1. The molecule has 0 aromatic carbocycles. The van der Waals surface area contributed by atoms with E-state index in [1.54, 1.807) is 28.0 Å². The summed E-state index contributed by atoms with van der Waals surface area (Å²) in [5.41, 5.74) is 12.3. The van der Waals surface area contributed by atoms with E-state index in [9.17, 15) is 14.7 Å². The summed E-state index contributed by atoms with van der Waals surface area (Å²) in [6, 6.07) is 1.69. The molecule has 1 amide bonds. The first-order valence-corrected chi connectivity index (χ1v) is 15.1. The number of thiophene rings is 1. The van der Waals surface area contributed by atoms with E-state index in [1.807, 2.05) is 34.9 Å². The summed E-state index contributed by atoms with van der Waals surface area (Å²) in [4.78, 5) is 30.9. The van der Waals surface area contributed by atoms with Crippen molar-refractivity contribution in [1.29, 1.82) is 0 Å². The summed E-state index contributed by atoms with van der Waals surface area (Å²) in [6.45, 7) is 8.28. The number of hydrogen-bond acceptors (Lipinski definition) is 7. The summed E-state index contributed by atoms with van der Waals surface area (Å²) >= 11 is 1.15. The highest BCUT2D eigenvalue weighted by molar-refractivity contribution is 7.15. The Bertz CT molecular complexity index is 1170. The zero-order valence-corrected chi connectivity index (χ0v) is 25.6. The number of ether oxygens (including phenoxy) is 1. The van der Waals surface area contributed by atoms with Gasteiger partial charge < -0.3 is 31.1 Å². The normalized spacial score (nSPS) is 24.1. The highest BCUT2D eigenvalue weighted by Gasteiger charge is 2.37. The minimum Gasteiger partial charge on any atom is -0.477 e. The molecular formula is C31H46N4O4S. The van der Waals surface area contributed by atoms with E-state index < -0.39 is 5.97 Å². The Morgan fingerprint density at radius 1 is 1.05 bits per heavy atom. The summed E-state index contributed by atoms with van der Waals surface area (Å²) in [6.07, 6.45) is 9.79. The first-order chi connectivity index (χ1) is 18.7. The van der Waals surface area contributed by atoms with Crippen molar-refractivity contribution in [2.45, 2.75) is 91.2 Å². The van der Waals surface area contributed by atoms with Crippen molar-refractivity contribution in [2.24, 2.45) is 28.7 Å². The number of carbonyl (C=O) groups is 2. The molecule has 9 heteroatoms. The number of carboxylic acids is 1. The number of carboxylic acid groups (broad SMARTS) is 1. The molecule has 0 radical (unpaired) electrons. The van der Waals surface area contributed by atoms with Crippen LogP contribution in [0.2, 0.25) is 0 Å². The molecule has 2 fully saturated rings. The average Bonchev–Trinajstić information content (AvgIpc) is 3.31. The molecule has 1 aromatic rings. The second-order valence-electron chi connectivity index (χ2n) is 12.4. The molecule has 0 spiro atoms. The third kappa shape index (κ3) is 8.69. The zero-order chi connectivity index (χ0) is 29.6. The third-order valence-corrected chi connectivity index (χ3v) is 8.60. The molecule has 2 aliphatic carbocycles. The van der Waals surface area contributed by atoms with Crippen LogP contribution in [0, 0.1) is 29.1 Å². The fraction of sp³-hybridized carbons (Fsp3) is 0.613. The number of nitrogens with two attached hydrogens (primary N) is 2. The maximum Gasteiger partial charge on any atom is 0.348 e. The molecule has 0 bridgehead atoms. The topological polar surface area (TPSA) is 122 Å². The molecule has 3 rings (SSSR count). The second-order valence-corrected chi connectivity index (χ2v) is 13.5. The van der Waals surface area contributed by atoms with E-state index in [1.165, 1.54) is 0 Å². The Kier molecular flexibility index (Phi) is 10.6. The predicted molar refractivity (Wildman–Crippen MR) is 162 cm³/mol. The van der Waals surface area contributed by atoms with Crippen LogP contribution in [0.25, 0.3) is 0 Å². The molecule has 5 N–H and O–H groups in total. The molecule has 40 heavy (non-hydrogen) atoms. The lowest BCUT2D eigenvalue weighted by Gasteiger charge is -2.39. The van der Waals surface area contributed by atoms with Crippen molar-refractivity contribution in [2.75, 3.05) is 19.0 Å². The molecule has 0 atom stereocenters. The van der Waals surface area contributed by atoms with Gasteiger partial charge in [-0.05, 0) is 90.2 Å². The Balaban J connectivity index is 1.86. The van der Waals surface area contributed by atoms with E-state index in [-0.39, 0.29) is 34.3 Å². The van der Waals surface area contributed by atoms with Crippen LogP contribution in [0.5, 0.6) is 0 Å². The van der Waals surface area contributed by atoms with Crippen LogP contribution in [0.4, 0.5) is 5.69 Å². The first-order valence-electron chi connectivity index (χ1n) is 14.3. The van der Waals surface area contributed by atoms with Gasteiger partial charge in [0.15, 0.2) is 5.88 Å². The van der Waals surface area contributed by atoms with E-state index in [0.29, 0.717) is 53.9 Å². The number of hydrogen-bond donors (Lipinski definition) is 3. The monoisotopic (exact) mass is 570 g/mol. The SMILES string of the molecule is CC1CCC(C(=O)N(c2cc(C#CC(C)(C)C)sc2C(=O)O)C2CCC(O/C(N)=C/C=C(\N)N(C)C)CC2)CC1. The van der Waals surface area contributed by atoms with Crippen LogP contribution in [0.1, 0.15) is 93.6 Å². The largest absolute Gasteiger partial charge is 0.477 e. The summed E-state index contributed by atoms with van der Waals surface area (Å²) in [5.74, 6) is 6.74. The van der Waals surface area contributed by atoms with Crippen LogP contribution >= 0.6 is 11.3 Å². The van der Waals surface area contributed by atoms with Crippen LogP contribution < -0.4 is 16.4 Å². The molecule has 2 aliphatic rings. The standard InChI is InChI=1S/C31H46N4O4S/c1-20-7-9-21(10-8-20)29(36)35(25-19-24(17-18-31(2,3)4)40-28(25)30(37)38)22-11-13-23(14-12-22)39-27(33)16-15-26(32)34(5)6/h15-16,19-23H,7-14,32-33H2,1-6H3,(H,37,38)/b26-15+,27-16+. The molecule has 1 aromatic heterocycles. The van der Waals surface area contributed by atoms with Crippen molar-refractivity contribution in [3.63, 3.8) is 0 Å². The molecule has 0 saturated heterocycles. The summed E-state index contributed by atoms with van der Waals surface area (Å²) in [5, 5.41) is 10.1. The van der Waals surface area contributed by atoms with Crippen LogP contribution in [-0.4, -0.2) is 48.1 Å². The Labute approximate surface area is 243 Å². The molecule has 8 nitrogen and oxygen atoms in total. The van der Waals surface area contributed by atoms with Crippen LogP contribution in [0.15, 0.2) is 29.9 Å². The number of anilines is 1. The van der Waals surface area contributed by atoms with Gasteiger partial charge in [0.25, 0.3) is 0 Å². The van der Waals surface area contributed by atoms with Gasteiger partial charge in [0.05, 0.1) is 16.4 Å². The quantitative estimate of drug-likeness (QED) is 0.215. The Morgan fingerprint density at radius 3 is 2.23 bits per heavy atom. The molecule has 1 heterocycles. The molecule has 2 saturated carbocycles. The molecule has 220 valence electrons. The van der Waals surface area contributed by atoms with Crippen molar-refractivity contribution in [3.8, 4) is 11.8 Å². The Morgan fingerprint density at radius 2 is 1.68 bits per heavy atom. The van der Waals surface area contributed by atoms with Crippen LogP contribution in [0.3, 0.4) is 0 Å². The lowest BCUT2D eigenvalue weighted by molar-refractivity contribution is -0.124. The van der Waals surface area contributed by atoms with Gasteiger partial charge in [-0.1, -0.05) is 18.8 Å². The number of nitrogens with zero attached hydrogens (tertiary/aromatic N) is 2. The van der Waals surface area contributed by atoms with Crippen LogP contribution in [-0.2, 0) is 9.53 Å². The minimum atomic E-state index is -1.03. The average molecular weight is 571 g/mol. The fourth-order valence-corrected chi connectivity index (χ4v) is 6.03. The highest BCUT2D eigenvalue weighted by Crippen LogP contribution is 2.39. The number of allylic oxidation sites excluding steroid dienone is 2. The molecule has 0 unspecified atom stereocenters. The predicted octanol–water partition coefficient (Wildman–Crippen LogP) is 5.49. The lowest BCUT2D eigenvalue weighted by Crippen LogP contribution is -2.47. The molecule has 0 aliphatic heterocycles. The van der Waals surface area contributed by atoms with Gasteiger partial charge >= 0.3 is 5.97 Å². The van der Waals surface area contributed by atoms with Crippen molar-refractivity contribution in [1.82, 2.24) is 4.90 Å². The van der Waals surface area contributed by atoms with E-state index in [2.05, 4.69) is 18.8 Å². The third-order valence-electron chi connectivity index (χ3n) is 7.58. The highest BCUT2D eigenvalue weighted by atomic mass is 32.1. The van der Waals surface area contributed by atoms with Crippen molar-refractivity contribution >= 4 is 28.9 Å². The van der Waals surface area contributed by atoms with E-state index in [4.69, 9.17) is 16.2 Å². The van der Waals surface area contributed by atoms with Crippen molar-refractivity contribution < 1.29 is 19.4 Å². The second kappa shape index (κ2) is 13.5. The summed E-state index contributed by atoms with van der Waals surface area (Å²) < 4.78 is 5.98. The van der Waals surface area contributed by atoms with Gasteiger partial charge in [-0.3, -0.25) is 4.79 Å². The maximum absolute atomic E-state index is 14.1. The number of aromatic carboxylic acids is 1. The number of rotatable bonds is 8. The van der Waals surface area contributed by atoms with Gasteiger partial charge in [-0.15, -0.1) is 11.3 Å². The zero-order valence-electron chi connectivity index (χ0n) is 24.8. The minimum absolute atomic E-state index is 0.0376. The van der Waals surface area contributed by atoms with E-state index >= 15 is 0 Å². The Hall–Kier alpha value is -3.12. The maximum atomic E-state index is 14.1. The van der Waals surface area contributed by atoms with Gasteiger partial charge in [0.1, 0.15) is 11.0 Å². The van der Waals surface area contributed by atoms with Gasteiger partial charge in [-0.2, -0.15) is 0 Å². The smallest absolute Gasteiger partial charge is 0.348 e. The van der Waals surface area contributed by atoms with Crippen molar-refractivity contribution in [3.05, 3.63) is 39.7 Å².